The molecule has 3 aromatic rings. The number of halogens is 3. The van der Waals surface area contributed by atoms with Crippen molar-refractivity contribution in [3.63, 3.8) is 0 Å². The molecule has 0 bridgehead atoms. The van der Waals surface area contributed by atoms with E-state index >= 15 is 0 Å². The number of nitrogens with zero attached hydrogens (tertiary/aromatic N) is 2. The lowest BCUT2D eigenvalue weighted by Gasteiger charge is -2.24. The zero-order chi connectivity index (χ0) is 21.4. The molecule has 150 valence electrons. The van der Waals surface area contributed by atoms with Crippen molar-refractivity contribution in [2.45, 2.75) is 32.2 Å². The number of nitrogens with one attached hydrogen (secondary N) is 1. The van der Waals surface area contributed by atoms with Crippen molar-refractivity contribution in [3.05, 3.63) is 65.4 Å². The predicted octanol–water partition coefficient (Wildman–Crippen LogP) is 4.23. The lowest BCUT2D eigenvalue weighted by Crippen LogP contribution is -2.43. The fourth-order valence-electron chi connectivity index (χ4n) is 3.08. The van der Waals surface area contributed by atoms with Crippen molar-refractivity contribution >= 4 is 22.5 Å². The Morgan fingerprint density at radius 1 is 1.21 bits per heavy atom. The number of carbonyl (C=O) groups excluding carboxylic acids is 1. The van der Waals surface area contributed by atoms with Crippen molar-refractivity contribution in [1.82, 2.24) is 4.57 Å². The van der Waals surface area contributed by atoms with Gasteiger partial charge in [0.25, 0.3) is 5.91 Å². The van der Waals surface area contributed by atoms with Gasteiger partial charge in [-0.3, -0.25) is 4.79 Å². The van der Waals surface area contributed by atoms with Crippen LogP contribution in [0.5, 0.6) is 0 Å². The standard InChI is InChI=1S/C21H18F3N3O2/c1-13-3-6-18-14(9-13)7-8-27(18)12-20(2,29)19(28)26-16-5-4-15(11-25)17(10-16)21(22,23)24/h3-10,29H,12H2,1-2H3,(H,26,28). The topological polar surface area (TPSA) is 78.1 Å². The number of hydrogen-bond donors (Lipinski definition) is 2. The molecule has 1 unspecified atom stereocenters. The molecule has 0 spiro atoms. The normalized spacial score (nSPS) is 13.7. The van der Waals surface area contributed by atoms with E-state index in [9.17, 15) is 23.1 Å². The molecule has 0 aliphatic heterocycles. The summed E-state index contributed by atoms with van der Waals surface area (Å²) in [5.41, 5.74) is -1.85. The molecular weight excluding hydrogens is 383 g/mol. The largest absolute Gasteiger partial charge is 0.417 e. The number of alkyl halides is 3. The minimum absolute atomic E-state index is 0.0895. The van der Waals surface area contributed by atoms with Crippen molar-refractivity contribution < 1.29 is 23.1 Å². The van der Waals surface area contributed by atoms with Crippen molar-refractivity contribution in [2.75, 3.05) is 5.32 Å². The van der Waals surface area contributed by atoms with Gasteiger partial charge in [0.05, 0.1) is 23.7 Å². The lowest BCUT2D eigenvalue weighted by molar-refractivity contribution is -0.138. The Morgan fingerprint density at radius 3 is 2.59 bits per heavy atom. The van der Waals surface area contributed by atoms with Crippen LogP contribution in [0.1, 0.15) is 23.6 Å². The molecule has 29 heavy (non-hydrogen) atoms. The van der Waals surface area contributed by atoms with Crippen LogP contribution in [0.2, 0.25) is 0 Å². The monoisotopic (exact) mass is 401 g/mol. The zero-order valence-corrected chi connectivity index (χ0v) is 15.7. The van der Waals surface area contributed by atoms with Gasteiger partial charge in [-0.2, -0.15) is 18.4 Å². The molecule has 2 N–H and O–H groups in total. The molecule has 2 aromatic carbocycles. The quantitative estimate of drug-likeness (QED) is 0.687. The lowest BCUT2D eigenvalue weighted by atomic mass is 10.0. The zero-order valence-electron chi connectivity index (χ0n) is 15.7. The van der Waals surface area contributed by atoms with Crippen molar-refractivity contribution in [3.8, 4) is 6.07 Å². The highest BCUT2D eigenvalue weighted by molar-refractivity contribution is 5.97. The third-order valence-corrected chi connectivity index (χ3v) is 4.60. The second kappa shape index (κ2) is 7.26. The van der Waals surface area contributed by atoms with E-state index in [0.717, 1.165) is 22.5 Å². The highest BCUT2D eigenvalue weighted by atomic mass is 19.4. The number of aliphatic hydroxyl groups is 1. The number of carbonyl (C=O) groups is 1. The number of aryl methyl sites for hydroxylation is 1. The van der Waals surface area contributed by atoms with Gasteiger partial charge in [0.15, 0.2) is 5.60 Å². The summed E-state index contributed by atoms with van der Waals surface area (Å²) >= 11 is 0. The van der Waals surface area contributed by atoms with Gasteiger partial charge in [-0.25, -0.2) is 0 Å². The second-order valence-corrected chi connectivity index (χ2v) is 7.10. The summed E-state index contributed by atoms with van der Waals surface area (Å²) in [6, 6.07) is 11.9. The van der Waals surface area contributed by atoms with Crippen LogP contribution in [0.4, 0.5) is 18.9 Å². The average Bonchev–Trinajstić information content (AvgIpc) is 3.02. The van der Waals surface area contributed by atoms with Gasteiger partial charge in [-0.05, 0) is 55.6 Å². The highest BCUT2D eigenvalue weighted by Gasteiger charge is 2.35. The van der Waals surface area contributed by atoms with E-state index in [1.54, 1.807) is 10.8 Å². The number of fused-ring (bicyclic) bond motifs is 1. The molecular formula is C21H18F3N3O2. The van der Waals surface area contributed by atoms with Crippen LogP contribution in [-0.2, 0) is 17.5 Å². The Labute approximate surface area is 165 Å². The Kier molecular flexibility index (Phi) is 5.11. The molecule has 1 aromatic heterocycles. The van der Waals surface area contributed by atoms with E-state index in [2.05, 4.69) is 5.32 Å². The summed E-state index contributed by atoms with van der Waals surface area (Å²) in [4.78, 5) is 12.5. The Hall–Kier alpha value is -3.31. The smallest absolute Gasteiger partial charge is 0.378 e. The van der Waals surface area contributed by atoms with Gasteiger partial charge in [-0.1, -0.05) is 11.6 Å². The first-order valence-electron chi connectivity index (χ1n) is 8.72. The summed E-state index contributed by atoms with van der Waals surface area (Å²) < 4.78 is 41.0. The molecule has 0 aliphatic rings. The predicted molar refractivity (Wildman–Crippen MR) is 102 cm³/mol. The third-order valence-electron chi connectivity index (χ3n) is 4.60. The number of hydrogen-bond acceptors (Lipinski definition) is 3. The number of nitriles is 1. The SMILES string of the molecule is Cc1ccc2c(ccn2CC(C)(O)C(=O)Nc2ccc(C#N)c(C(F)(F)F)c2)c1. The molecule has 5 nitrogen and oxygen atoms in total. The minimum Gasteiger partial charge on any atom is -0.378 e. The van der Waals surface area contributed by atoms with E-state index in [-0.39, 0.29) is 12.2 Å². The maximum atomic E-state index is 13.1. The van der Waals surface area contributed by atoms with Gasteiger partial charge in [0, 0.05) is 17.4 Å². The molecule has 0 saturated carbocycles. The maximum absolute atomic E-state index is 13.1. The number of benzene rings is 2. The molecule has 1 atom stereocenters. The molecule has 1 amide bonds. The highest BCUT2D eigenvalue weighted by Crippen LogP contribution is 2.33. The fraction of sp³-hybridized carbons (Fsp3) is 0.238. The van der Waals surface area contributed by atoms with E-state index in [1.165, 1.54) is 19.1 Å². The van der Waals surface area contributed by atoms with Gasteiger partial charge in [-0.15, -0.1) is 0 Å². The Morgan fingerprint density at radius 2 is 1.93 bits per heavy atom. The van der Waals surface area contributed by atoms with Crippen LogP contribution >= 0.6 is 0 Å². The van der Waals surface area contributed by atoms with Crippen LogP contribution in [0.25, 0.3) is 10.9 Å². The number of aromatic nitrogens is 1. The summed E-state index contributed by atoms with van der Waals surface area (Å²) in [6.07, 6.45) is -3.01. The van der Waals surface area contributed by atoms with E-state index in [0.29, 0.717) is 6.07 Å². The van der Waals surface area contributed by atoms with E-state index < -0.39 is 28.8 Å². The summed E-state index contributed by atoms with van der Waals surface area (Å²) in [5, 5.41) is 22.8. The Balaban J connectivity index is 1.83. The van der Waals surface area contributed by atoms with E-state index in [1.807, 2.05) is 31.2 Å². The minimum atomic E-state index is -4.74. The maximum Gasteiger partial charge on any atom is 0.417 e. The molecule has 3 rings (SSSR count). The first kappa shape index (κ1) is 20.4. The summed E-state index contributed by atoms with van der Waals surface area (Å²) in [6.45, 7) is 3.15. The van der Waals surface area contributed by atoms with Crippen LogP contribution in [0, 0.1) is 18.3 Å². The summed E-state index contributed by atoms with van der Waals surface area (Å²) in [5.74, 6) is -0.857. The fourth-order valence-corrected chi connectivity index (χ4v) is 3.08. The molecule has 8 heteroatoms. The van der Waals surface area contributed by atoms with Gasteiger partial charge in [0.1, 0.15) is 0 Å². The average molecular weight is 401 g/mol. The Bertz CT molecular complexity index is 1120. The third kappa shape index (κ3) is 4.25. The van der Waals surface area contributed by atoms with E-state index in [4.69, 9.17) is 5.26 Å². The van der Waals surface area contributed by atoms with Crippen molar-refractivity contribution in [2.24, 2.45) is 0 Å². The molecule has 0 fully saturated rings. The van der Waals surface area contributed by atoms with Crippen LogP contribution in [0.3, 0.4) is 0 Å². The van der Waals surface area contributed by atoms with Crippen molar-refractivity contribution in [1.29, 1.82) is 5.26 Å². The number of amides is 1. The second-order valence-electron chi connectivity index (χ2n) is 7.10. The van der Waals surface area contributed by atoms with Gasteiger partial charge >= 0.3 is 6.18 Å². The van der Waals surface area contributed by atoms with Crippen LogP contribution < -0.4 is 5.32 Å². The first-order valence-corrected chi connectivity index (χ1v) is 8.72. The van der Waals surface area contributed by atoms with Crippen LogP contribution in [-0.4, -0.2) is 21.2 Å². The first-order chi connectivity index (χ1) is 13.5. The summed E-state index contributed by atoms with van der Waals surface area (Å²) in [7, 11) is 0. The number of rotatable bonds is 4. The molecule has 0 aliphatic carbocycles. The van der Waals surface area contributed by atoms with Crippen LogP contribution in [0.15, 0.2) is 48.7 Å². The molecule has 1 heterocycles. The molecule has 0 saturated heterocycles. The number of anilines is 1. The molecule has 0 radical (unpaired) electrons. The van der Waals surface area contributed by atoms with Gasteiger partial charge in [0.2, 0.25) is 0 Å². The van der Waals surface area contributed by atoms with Gasteiger partial charge < -0.3 is 15.0 Å².